The fourth-order valence-electron chi connectivity index (χ4n) is 4.00. The van der Waals surface area contributed by atoms with Crippen LogP contribution in [0.4, 0.5) is 4.39 Å². The first-order valence-corrected chi connectivity index (χ1v) is 9.18. The first-order chi connectivity index (χ1) is 13.2. The second-order valence-corrected chi connectivity index (χ2v) is 7.02. The summed E-state index contributed by atoms with van der Waals surface area (Å²) in [4.78, 5) is 8.88. The van der Waals surface area contributed by atoms with Crippen molar-refractivity contribution in [3.63, 3.8) is 0 Å². The molecule has 3 heterocycles. The van der Waals surface area contributed by atoms with Crippen LogP contribution in [0.5, 0.6) is 0 Å². The summed E-state index contributed by atoms with van der Waals surface area (Å²) >= 11 is 0. The second-order valence-electron chi connectivity index (χ2n) is 7.02. The van der Waals surface area contributed by atoms with Gasteiger partial charge in [0.2, 0.25) is 0 Å². The maximum absolute atomic E-state index is 14.4. The van der Waals surface area contributed by atoms with Crippen LogP contribution in [0.15, 0.2) is 37.2 Å². The summed E-state index contributed by atoms with van der Waals surface area (Å²) in [5, 5.41) is 8.30. The highest BCUT2D eigenvalue weighted by Crippen LogP contribution is 2.28. The first kappa shape index (κ1) is 16.1. The van der Waals surface area contributed by atoms with Crippen molar-refractivity contribution in [3.05, 3.63) is 71.2 Å². The van der Waals surface area contributed by atoms with Gasteiger partial charge >= 0.3 is 0 Å². The van der Waals surface area contributed by atoms with Crippen LogP contribution in [-0.2, 0) is 25.7 Å². The Labute approximate surface area is 155 Å². The summed E-state index contributed by atoms with van der Waals surface area (Å²) in [5.74, 6) is 0.715. The van der Waals surface area contributed by atoms with Gasteiger partial charge in [-0.25, -0.2) is 14.4 Å². The van der Waals surface area contributed by atoms with E-state index in [2.05, 4.69) is 20.2 Å². The molecule has 0 spiro atoms. The van der Waals surface area contributed by atoms with Crippen molar-refractivity contribution in [2.75, 3.05) is 0 Å². The van der Waals surface area contributed by atoms with Crippen molar-refractivity contribution in [3.8, 4) is 5.69 Å². The van der Waals surface area contributed by atoms with Crippen molar-refractivity contribution >= 4 is 5.65 Å². The molecular weight excluding hydrogens is 343 g/mol. The third kappa shape index (κ3) is 2.70. The normalized spacial score (nSPS) is 13.4. The van der Waals surface area contributed by atoms with Gasteiger partial charge in [-0.1, -0.05) is 6.07 Å². The van der Waals surface area contributed by atoms with Crippen molar-refractivity contribution in [1.29, 1.82) is 0 Å². The maximum atomic E-state index is 14.4. The minimum Gasteiger partial charge on any atom is -0.301 e. The number of hydrogen-bond acceptors (Lipinski definition) is 4. The van der Waals surface area contributed by atoms with Crippen molar-refractivity contribution < 1.29 is 4.39 Å². The number of hydrogen-bond donors (Lipinski definition) is 0. The quantitative estimate of drug-likeness (QED) is 0.560. The van der Waals surface area contributed by atoms with Crippen LogP contribution < -0.4 is 0 Å². The monoisotopic (exact) mass is 362 g/mol. The molecule has 136 valence electrons. The SMILES string of the molecule is Cc1cn(-c2cnc(CCc3c(F)ccc4c3CCC4)n3cnnc23)cn1. The van der Waals surface area contributed by atoms with Crippen LogP contribution in [0.25, 0.3) is 11.3 Å². The summed E-state index contributed by atoms with van der Waals surface area (Å²) in [6.07, 6.45) is 11.5. The molecule has 5 rings (SSSR count). The zero-order valence-electron chi connectivity index (χ0n) is 15.1. The lowest BCUT2D eigenvalue weighted by molar-refractivity contribution is 0.603. The summed E-state index contributed by atoms with van der Waals surface area (Å²) in [6, 6.07) is 3.53. The Morgan fingerprint density at radius 3 is 2.89 bits per heavy atom. The van der Waals surface area contributed by atoms with E-state index in [1.165, 1.54) is 11.1 Å². The molecule has 0 radical (unpaired) electrons. The number of nitrogens with zero attached hydrogens (tertiary/aromatic N) is 6. The second kappa shape index (κ2) is 6.26. The molecule has 4 aromatic rings. The number of imidazole rings is 1. The van der Waals surface area contributed by atoms with E-state index >= 15 is 0 Å². The van der Waals surface area contributed by atoms with E-state index in [1.54, 1.807) is 24.9 Å². The summed E-state index contributed by atoms with van der Waals surface area (Å²) in [5.41, 5.74) is 5.78. The molecule has 0 N–H and O–H groups in total. The van der Waals surface area contributed by atoms with Crippen LogP contribution in [0.2, 0.25) is 0 Å². The molecule has 0 amide bonds. The van der Waals surface area contributed by atoms with Crippen molar-refractivity contribution in [1.82, 2.24) is 29.1 Å². The van der Waals surface area contributed by atoms with Crippen LogP contribution >= 0.6 is 0 Å². The van der Waals surface area contributed by atoms with Crippen LogP contribution in [-0.4, -0.2) is 29.1 Å². The van der Waals surface area contributed by atoms with E-state index in [-0.39, 0.29) is 5.82 Å². The highest BCUT2D eigenvalue weighted by atomic mass is 19.1. The fraction of sp³-hybridized carbons (Fsp3) is 0.300. The molecule has 1 aliphatic rings. The predicted octanol–water partition coefficient (Wildman–Crippen LogP) is 3.03. The van der Waals surface area contributed by atoms with Gasteiger partial charge in [-0.05, 0) is 55.4 Å². The highest BCUT2D eigenvalue weighted by molar-refractivity contribution is 5.57. The number of aryl methyl sites for hydroxylation is 3. The largest absolute Gasteiger partial charge is 0.301 e. The maximum Gasteiger partial charge on any atom is 0.187 e. The first-order valence-electron chi connectivity index (χ1n) is 9.18. The van der Waals surface area contributed by atoms with Gasteiger partial charge in [0, 0.05) is 12.6 Å². The Bertz CT molecular complexity index is 1140. The third-order valence-corrected chi connectivity index (χ3v) is 5.32. The Morgan fingerprint density at radius 2 is 2.04 bits per heavy atom. The minimum atomic E-state index is -0.110. The molecular formula is C20H19FN6. The predicted molar refractivity (Wildman–Crippen MR) is 98.5 cm³/mol. The van der Waals surface area contributed by atoms with Gasteiger partial charge in [-0.15, -0.1) is 10.2 Å². The number of benzene rings is 1. The number of rotatable bonds is 4. The number of halogens is 1. The Kier molecular flexibility index (Phi) is 3.74. The lowest BCUT2D eigenvalue weighted by atomic mass is 9.98. The molecule has 1 aliphatic carbocycles. The van der Waals surface area contributed by atoms with E-state index in [0.29, 0.717) is 12.8 Å². The Hall–Kier alpha value is -3.09. The highest BCUT2D eigenvalue weighted by Gasteiger charge is 2.19. The Morgan fingerprint density at radius 1 is 1.11 bits per heavy atom. The van der Waals surface area contributed by atoms with Gasteiger partial charge in [0.25, 0.3) is 0 Å². The molecule has 0 saturated heterocycles. The summed E-state index contributed by atoms with van der Waals surface area (Å²) < 4.78 is 18.2. The molecule has 27 heavy (non-hydrogen) atoms. The molecule has 0 fully saturated rings. The topological polar surface area (TPSA) is 60.9 Å². The standard InChI is InChI=1S/C20H19FN6/c1-13-10-26(11-23-13)18-9-22-19(27-12-24-25-20(18)27)8-6-16-15-4-2-3-14(15)5-7-17(16)21/h5,7,9-12H,2-4,6,8H2,1H3. The molecule has 0 unspecified atom stereocenters. The number of aromatic nitrogens is 6. The van der Waals surface area contributed by atoms with Crippen LogP contribution in [0, 0.1) is 12.7 Å². The van der Waals surface area contributed by atoms with Gasteiger partial charge in [0.1, 0.15) is 23.7 Å². The number of fused-ring (bicyclic) bond motifs is 2. The van der Waals surface area contributed by atoms with E-state index in [9.17, 15) is 4.39 Å². The van der Waals surface area contributed by atoms with Gasteiger partial charge in [0.15, 0.2) is 5.65 Å². The molecule has 0 atom stereocenters. The smallest absolute Gasteiger partial charge is 0.187 e. The molecule has 0 saturated carbocycles. The van der Waals surface area contributed by atoms with Crippen molar-refractivity contribution in [2.24, 2.45) is 0 Å². The molecule has 3 aromatic heterocycles. The van der Waals surface area contributed by atoms with Gasteiger partial charge in [-0.3, -0.25) is 4.40 Å². The molecule has 0 aliphatic heterocycles. The van der Waals surface area contributed by atoms with Gasteiger partial charge < -0.3 is 4.57 Å². The average Bonchev–Trinajstić information content (AvgIpc) is 3.40. The Balaban J connectivity index is 1.49. The van der Waals surface area contributed by atoms with Gasteiger partial charge in [-0.2, -0.15) is 0 Å². The lowest BCUT2D eigenvalue weighted by Crippen LogP contribution is -2.08. The fourth-order valence-corrected chi connectivity index (χ4v) is 4.00. The van der Waals surface area contributed by atoms with Gasteiger partial charge in [0.05, 0.1) is 18.2 Å². The summed E-state index contributed by atoms with van der Waals surface area (Å²) in [6.45, 7) is 1.94. The molecule has 6 nitrogen and oxygen atoms in total. The van der Waals surface area contributed by atoms with Crippen LogP contribution in [0.3, 0.4) is 0 Å². The molecule has 7 heteroatoms. The third-order valence-electron chi connectivity index (χ3n) is 5.32. The molecule has 1 aromatic carbocycles. The van der Waals surface area contributed by atoms with Crippen molar-refractivity contribution in [2.45, 2.75) is 39.0 Å². The zero-order valence-corrected chi connectivity index (χ0v) is 15.1. The average molecular weight is 362 g/mol. The molecule has 0 bridgehead atoms. The lowest BCUT2D eigenvalue weighted by Gasteiger charge is -2.11. The van der Waals surface area contributed by atoms with Crippen LogP contribution in [0.1, 0.15) is 34.6 Å². The van der Waals surface area contributed by atoms with E-state index < -0.39 is 0 Å². The van der Waals surface area contributed by atoms with E-state index in [4.69, 9.17) is 0 Å². The zero-order chi connectivity index (χ0) is 18.4. The van der Waals surface area contributed by atoms with E-state index in [1.807, 2.05) is 28.2 Å². The van der Waals surface area contributed by atoms with E-state index in [0.717, 1.165) is 47.7 Å². The minimum absolute atomic E-state index is 0.110. The summed E-state index contributed by atoms with van der Waals surface area (Å²) in [7, 11) is 0.